The third-order valence-electron chi connectivity index (χ3n) is 7.13. The van der Waals surface area contributed by atoms with Gasteiger partial charge in [0.1, 0.15) is 11.8 Å². The second kappa shape index (κ2) is 14.4. The average molecular weight is 568 g/mol. The molecular formula is C32H36Cl2N2O3. The number of hydrogen-bond acceptors (Lipinski definition) is 3. The number of rotatable bonds is 12. The zero-order valence-corrected chi connectivity index (χ0v) is 23.9. The van der Waals surface area contributed by atoms with Crippen molar-refractivity contribution < 1.29 is 14.3 Å². The van der Waals surface area contributed by atoms with Crippen LogP contribution in [-0.2, 0) is 22.6 Å². The van der Waals surface area contributed by atoms with Crippen LogP contribution in [0, 0.1) is 6.92 Å². The summed E-state index contributed by atoms with van der Waals surface area (Å²) in [7, 11) is 0. The molecule has 0 saturated heterocycles. The summed E-state index contributed by atoms with van der Waals surface area (Å²) in [5.74, 6) is 0.560. The molecule has 0 aliphatic heterocycles. The van der Waals surface area contributed by atoms with E-state index < -0.39 is 6.04 Å². The van der Waals surface area contributed by atoms with Crippen LogP contribution >= 0.6 is 23.2 Å². The van der Waals surface area contributed by atoms with Gasteiger partial charge in [-0.2, -0.15) is 0 Å². The van der Waals surface area contributed by atoms with Gasteiger partial charge in [-0.25, -0.2) is 0 Å². The van der Waals surface area contributed by atoms with Crippen molar-refractivity contribution in [1.82, 2.24) is 10.2 Å². The van der Waals surface area contributed by atoms with Crippen molar-refractivity contribution in [2.45, 2.75) is 70.5 Å². The van der Waals surface area contributed by atoms with Gasteiger partial charge in [0.05, 0.1) is 16.7 Å². The Hall–Kier alpha value is -3.02. The van der Waals surface area contributed by atoms with Crippen molar-refractivity contribution in [3.8, 4) is 5.75 Å². The first-order valence-electron chi connectivity index (χ1n) is 13.7. The van der Waals surface area contributed by atoms with Crippen molar-refractivity contribution >= 4 is 35.0 Å². The molecule has 4 rings (SSSR count). The zero-order chi connectivity index (χ0) is 27.6. The van der Waals surface area contributed by atoms with Crippen LogP contribution in [0.3, 0.4) is 0 Å². The van der Waals surface area contributed by atoms with Gasteiger partial charge in [-0.15, -0.1) is 0 Å². The molecule has 206 valence electrons. The molecule has 5 nitrogen and oxygen atoms in total. The number of halogens is 2. The van der Waals surface area contributed by atoms with Crippen LogP contribution in [0.4, 0.5) is 0 Å². The Morgan fingerprint density at radius 1 is 0.949 bits per heavy atom. The minimum Gasteiger partial charge on any atom is -0.494 e. The highest BCUT2D eigenvalue weighted by molar-refractivity contribution is 6.42. The maximum atomic E-state index is 13.8. The number of hydrogen-bond donors (Lipinski definition) is 1. The first kappa shape index (κ1) is 29.0. The molecular weight excluding hydrogens is 531 g/mol. The molecule has 1 unspecified atom stereocenters. The molecule has 0 heterocycles. The maximum absolute atomic E-state index is 13.8. The monoisotopic (exact) mass is 566 g/mol. The molecule has 1 aliphatic carbocycles. The molecule has 1 atom stereocenters. The predicted octanol–water partition coefficient (Wildman–Crippen LogP) is 7.16. The Kier molecular flexibility index (Phi) is 10.7. The van der Waals surface area contributed by atoms with Crippen molar-refractivity contribution in [2.75, 3.05) is 6.61 Å². The van der Waals surface area contributed by atoms with Gasteiger partial charge in [0.15, 0.2) is 0 Å². The highest BCUT2D eigenvalue weighted by Crippen LogP contribution is 2.25. The van der Waals surface area contributed by atoms with Gasteiger partial charge in [-0.1, -0.05) is 90.1 Å². The largest absolute Gasteiger partial charge is 0.494 e. The number of benzene rings is 3. The number of carbonyl (C=O) groups is 2. The van der Waals surface area contributed by atoms with Crippen molar-refractivity contribution in [2.24, 2.45) is 0 Å². The minimum absolute atomic E-state index is 0.101. The van der Waals surface area contributed by atoms with Crippen molar-refractivity contribution in [1.29, 1.82) is 0 Å². The van der Waals surface area contributed by atoms with Crippen LogP contribution in [0.5, 0.6) is 5.75 Å². The number of ether oxygens (including phenoxy) is 1. The number of amides is 2. The maximum Gasteiger partial charge on any atom is 0.243 e. The van der Waals surface area contributed by atoms with E-state index in [1.807, 2.05) is 67.6 Å². The molecule has 1 fully saturated rings. The van der Waals surface area contributed by atoms with E-state index in [2.05, 4.69) is 5.32 Å². The zero-order valence-electron chi connectivity index (χ0n) is 22.4. The summed E-state index contributed by atoms with van der Waals surface area (Å²) in [4.78, 5) is 29.2. The molecule has 0 spiro atoms. The van der Waals surface area contributed by atoms with Crippen LogP contribution in [-0.4, -0.2) is 35.4 Å². The van der Waals surface area contributed by atoms with Gasteiger partial charge >= 0.3 is 0 Å². The number of nitrogens with one attached hydrogen (secondary N) is 1. The quantitative estimate of drug-likeness (QED) is 0.236. The van der Waals surface area contributed by atoms with E-state index >= 15 is 0 Å². The fourth-order valence-corrected chi connectivity index (χ4v) is 5.27. The van der Waals surface area contributed by atoms with Gasteiger partial charge in [-0.05, 0) is 61.6 Å². The normalized spacial score (nSPS) is 14.1. The fourth-order valence-electron chi connectivity index (χ4n) is 4.95. The second-order valence-corrected chi connectivity index (χ2v) is 11.0. The molecule has 7 heteroatoms. The highest BCUT2D eigenvalue weighted by Gasteiger charge is 2.32. The van der Waals surface area contributed by atoms with Gasteiger partial charge in [0.25, 0.3) is 0 Å². The first-order chi connectivity index (χ1) is 18.9. The first-order valence-corrected chi connectivity index (χ1v) is 14.4. The third kappa shape index (κ3) is 8.74. The van der Waals surface area contributed by atoms with Crippen LogP contribution < -0.4 is 10.1 Å². The lowest BCUT2D eigenvalue weighted by Crippen LogP contribution is -2.52. The molecule has 0 bridgehead atoms. The molecule has 0 radical (unpaired) electrons. The average Bonchev–Trinajstić information content (AvgIpc) is 3.45. The smallest absolute Gasteiger partial charge is 0.243 e. The molecule has 1 aliphatic rings. The summed E-state index contributed by atoms with van der Waals surface area (Å²) >= 11 is 12.4. The standard InChI is InChI=1S/C32H36Cl2N2O3/c1-23-13-16-27(17-14-23)39-19-7-12-31(37)36(22-25-15-18-28(33)29(34)20-25)30(21-24-8-3-2-4-9-24)32(38)35-26-10-5-6-11-26/h2-4,8-9,13-18,20,26,30H,5-7,10-12,19,21-22H2,1H3,(H,35,38). The molecule has 1 saturated carbocycles. The summed E-state index contributed by atoms with van der Waals surface area (Å²) in [5, 5.41) is 4.10. The second-order valence-electron chi connectivity index (χ2n) is 10.2. The third-order valence-corrected chi connectivity index (χ3v) is 7.87. The Morgan fingerprint density at radius 3 is 2.36 bits per heavy atom. The van der Waals surface area contributed by atoms with E-state index in [-0.39, 0.29) is 30.8 Å². The summed E-state index contributed by atoms with van der Waals surface area (Å²) in [6.07, 6.45) is 5.39. The Bertz CT molecular complexity index is 1230. The topological polar surface area (TPSA) is 58.6 Å². The van der Waals surface area contributed by atoms with E-state index in [4.69, 9.17) is 27.9 Å². The van der Waals surface area contributed by atoms with Crippen LogP contribution in [0.15, 0.2) is 72.8 Å². The molecule has 0 aromatic heterocycles. The number of nitrogens with zero attached hydrogens (tertiary/aromatic N) is 1. The van der Waals surface area contributed by atoms with E-state index in [9.17, 15) is 9.59 Å². The summed E-state index contributed by atoms with van der Waals surface area (Å²) in [6.45, 7) is 2.69. The molecule has 3 aromatic rings. The highest BCUT2D eigenvalue weighted by atomic mass is 35.5. The number of aryl methyl sites for hydroxylation is 1. The van der Waals surface area contributed by atoms with Gasteiger partial charge < -0.3 is 15.0 Å². The molecule has 1 N–H and O–H groups in total. The molecule has 39 heavy (non-hydrogen) atoms. The van der Waals surface area contributed by atoms with Crippen LogP contribution in [0.2, 0.25) is 10.0 Å². The lowest BCUT2D eigenvalue weighted by molar-refractivity contribution is -0.141. The van der Waals surface area contributed by atoms with Gasteiger partial charge in [0.2, 0.25) is 11.8 Å². The SMILES string of the molecule is Cc1ccc(OCCCC(=O)N(Cc2ccc(Cl)c(Cl)c2)C(Cc2ccccc2)C(=O)NC2CCCC2)cc1. The number of carbonyl (C=O) groups excluding carboxylic acids is 2. The molecule has 3 aromatic carbocycles. The fraction of sp³-hybridized carbons (Fsp3) is 0.375. The predicted molar refractivity (Wildman–Crippen MR) is 157 cm³/mol. The van der Waals surface area contributed by atoms with E-state index in [0.29, 0.717) is 29.5 Å². The van der Waals surface area contributed by atoms with Gasteiger partial charge in [-0.3, -0.25) is 9.59 Å². The lowest BCUT2D eigenvalue weighted by atomic mass is 10.0. The Labute approximate surface area is 241 Å². The summed E-state index contributed by atoms with van der Waals surface area (Å²) in [5.41, 5.74) is 2.98. The molecule has 2 amide bonds. The van der Waals surface area contributed by atoms with Crippen LogP contribution in [0.1, 0.15) is 55.2 Å². The van der Waals surface area contributed by atoms with E-state index in [1.165, 1.54) is 0 Å². The Balaban J connectivity index is 1.53. The van der Waals surface area contributed by atoms with E-state index in [0.717, 1.165) is 48.1 Å². The van der Waals surface area contributed by atoms with Gasteiger partial charge in [0, 0.05) is 25.4 Å². The summed E-state index contributed by atoms with van der Waals surface area (Å²) < 4.78 is 5.85. The Morgan fingerprint density at radius 2 is 1.67 bits per heavy atom. The van der Waals surface area contributed by atoms with Crippen LogP contribution in [0.25, 0.3) is 0 Å². The minimum atomic E-state index is -0.659. The van der Waals surface area contributed by atoms with Crippen molar-refractivity contribution in [3.05, 3.63) is 99.5 Å². The summed E-state index contributed by atoms with van der Waals surface area (Å²) in [6, 6.07) is 22.5. The lowest BCUT2D eigenvalue weighted by Gasteiger charge is -2.32. The van der Waals surface area contributed by atoms with Crippen molar-refractivity contribution in [3.63, 3.8) is 0 Å². The van der Waals surface area contributed by atoms with E-state index in [1.54, 1.807) is 17.0 Å².